The molecule has 11 nitrogen and oxygen atoms in total. The van der Waals surface area contributed by atoms with Gasteiger partial charge in [-0.25, -0.2) is 4.57 Å². The molecular weight excluding hydrogens is 757 g/mol. The third-order valence-electron chi connectivity index (χ3n) is 10.9. The molecule has 0 aliphatic heterocycles. The quantitative estimate of drug-likeness (QED) is 0.0302. The Morgan fingerprint density at radius 2 is 0.759 bits per heavy atom. The van der Waals surface area contributed by atoms with Crippen LogP contribution in [-0.2, 0) is 37.5 Å². The summed E-state index contributed by atoms with van der Waals surface area (Å²) in [4.78, 5) is 46.1. The van der Waals surface area contributed by atoms with Crippen LogP contribution in [-0.4, -0.2) is 59.9 Å². The lowest BCUT2D eigenvalue weighted by atomic mass is 10.0. The largest absolute Gasteiger partial charge is 0.480 e. The summed E-state index contributed by atoms with van der Waals surface area (Å²) in [5, 5.41) is 8.90. The molecule has 0 saturated heterocycles. The van der Waals surface area contributed by atoms with Crippen molar-refractivity contribution in [1.82, 2.24) is 0 Å². The molecule has 58 heavy (non-hydrogen) atoms. The number of phosphoric acid groups is 1. The van der Waals surface area contributed by atoms with Crippen LogP contribution in [0.4, 0.5) is 0 Å². The molecule has 4 N–H and O–H groups in total. The fraction of sp³-hybridized carbons (Fsp3) is 0.935. The van der Waals surface area contributed by atoms with Crippen molar-refractivity contribution in [2.75, 3.05) is 19.8 Å². The van der Waals surface area contributed by atoms with E-state index in [2.05, 4.69) is 18.4 Å². The van der Waals surface area contributed by atoms with E-state index < -0.39 is 51.1 Å². The summed E-state index contributed by atoms with van der Waals surface area (Å²) in [5.41, 5.74) is 5.34. The monoisotopic (exact) mass is 848 g/mol. The van der Waals surface area contributed by atoms with E-state index in [4.69, 9.17) is 24.8 Å². The number of hydrogen-bond donors (Lipinski definition) is 3. The second kappa shape index (κ2) is 42.2. The van der Waals surface area contributed by atoms with Gasteiger partial charge >= 0.3 is 25.7 Å². The van der Waals surface area contributed by atoms with Crippen LogP contribution in [0, 0.1) is 0 Å². The van der Waals surface area contributed by atoms with Crippen molar-refractivity contribution in [1.29, 1.82) is 0 Å². The third kappa shape index (κ3) is 41.2. The van der Waals surface area contributed by atoms with Crippen LogP contribution in [0.25, 0.3) is 0 Å². The van der Waals surface area contributed by atoms with Gasteiger partial charge < -0.3 is 25.2 Å². The van der Waals surface area contributed by atoms with Crippen LogP contribution in [0.5, 0.6) is 0 Å². The molecule has 0 aliphatic carbocycles. The second-order valence-electron chi connectivity index (χ2n) is 16.6. The Balaban J connectivity index is 4.24. The highest BCUT2D eigenvalue weighted by atomic mass is 31.2. The van der Waals surface area contributed by atoms with Gasteiger partial charge in [-0.1, -0.05) is 219 Å². The summed E-state index contributed by atoms with van der Waals surface area (Å²) in [6.07, 6.45) is 41.6. The zero-order chi connectivity index (χ0) is 42.8. The number of carboxylic acids is 1. The molecule has 0 radical (unpaired) electrons. The molecule has 344 valence electrons. The van der Waals surface area contributed by atoms with Crippen molar-refractivity contribution in [3.8, 4) is 0 Å². The van der Waals surface area contributed by atoms with E-state index in [-0.39, 0.29) is 19.4 Å². The molecule has 0 aromatic carbocycles. The van der Waals surface area contributed by atoms with Crippen molar-refractivity contribution in [2.24, 2.45) is 5.73 Å². The molecule has 0 fully saturated rings. The Kier molecular flexibility index (Phi) is 41.1. The van der Waals surface area contributed by atoms with Gasteiger partial charge in [0.25, 0.3) is 0 Å². The maximum atomic E-state index is 12.7. The number of rotatable bonds is 46. The maximum Gasteiger partial charge on any atom is 0.472 e. The van der Waals surface area contributed by atoms with Gasteiger partial charge in [-0.2, -0.15) is 0 Å². The predicted octanol–water partition coefficient (Wildman–Crippen LogP) is 13.1. The highest BCUT2D eigenvalue weighted by molar-refractivity contribution is 7.47. The number of carbonyl (C=O) groups is 3. The van der Waals surface area contributed by atoms with Gasteiger partial charge in [0.15, 0.2) is 6.10 Å². The van der Waals surface area contributed by atoms with Gasteiger partial charge in [-0.15, -0.1) is 0 Å². The van der Waals surface area contributed by atoms with Crippen molar-refractivity contribution in [3.05, 3.63) is 0 Å². The van der Waals surface area contributed by atoms with E-state index in [1.54, 1.807) is 0 Å². The van der Waals surface area contributed by atoms with Crippen LogP contribution in [0.3, 0.4) is 0 Å². The first-order chi connectivity index (χ1) is 28.1. The van der Waals surface area contributed by atoms with Crippen LogP contribution >= 0.6 is 7.82 Å². The fourth-order valence-electron chi connectivity index (χ4n) is 7.07. The van der Waals surface area contributed by atoms with Crippen molar-refractivity contribution in [3.63, 3.8) is 0 Å². The van der Waals surface area contributed by atoms with Gasteiger partial charge in [0.2, 0.25) is 0 Å². The Morgan fingerprint density at radius 1 is 0.466 bits per heavy atom. The molecule has 0 amide bonds. The smallest absolute Gasteiger partial charge is 0.472 e. The van der Waals surface area contributed by atoms with E-state index in [0.29, 0.717) is 12.8 Å². The molecule has 12 heteroatoms. The molecule has 0 bridgehead atoms. The summed E-state index contributed by atoms with van der Waals surface area (Å²) in [6, 6.07) is -1.52. The average Bonchev–Trinajstić information content (AvgIpc) is 3.20. The van der Waals surface area contributed by atoms with Crippen molar-refractivity contribution >= 4 is 25.7 Å². The third-order valence-corrected chi connectivity index (χ3v) is 11.8. The fourth-order valence-corrected chi connectivity index (χ4v) is 7.85. The van der Waals surface area contributed by atoms with E-state index in [1.165, 1.54) is 167 Å². The van der Waals surface area contributed by atoms with Gasteiger partial charge in [-0.3, -0.25) is 23.4 Å². The first-order valence-corrected chi connectivity index (χ1v) is 25.6. The molecule has 3 atom stereocenters. The molecule has 0 aromatic rings. The number of ether oxygens (including phenoxy) is 2. The Morgan fingerprint density at radius 3 is 1.09 bits per heavy atom. The summed E-state index contributed by atoms with van der Waals surface area (Å²) in [6.45, 7) is 2.86. The van der Waals surface area contributed by atoms with Crippen molar-refractivity contribution < 1.29 is 47.5 Å². The van der Waals surface area contributed by atoms with Crippen LogP contribution in [0.1, 0.15) is 245 Å². The van der Waals surface area contributed by atoms with Crippen LogP contribution < -0.4 is 5.73 Å². The molecule has 0 spiro atoms. The Hall–Kier alpha value is -1.52. The molecule has 3 unspecified atom stereocenters. The molecule has 0 heterocycles. The van der Waals surface area contributed by atoms with E-state index in [1.807, 2.05) is 0 Å². The Labute approximate surface area is 355 Å². The average molecular weight is 848 g/mol. The van der Waals surface area contributed by atoms with E-state index >= 15 is 0 Å². The minimum Gasteiger partial charge on any atom is -0.480 e. The van der Waals surface area contributed by atoms with Gasteiger partial charge in [-0.05, 0) is 12.8 Å². The zero-order valence-corrected chi connectivity index (χ0v) is 38.3. The number of unbranched alkanes of at least 4 members (excludes halogenated alkanes) is 32. The standard InChI is InChI=1S/C46H90NO10P/c1-3-5-7-9-11-13-15-17-19-21-22-24-26-28-30-32-34-36-38-45(49)57-42(40-55-58(52,53)56-41-43(47)46(50)51)39-54-44(48)37-35-33-31-29-27-25-23-20-18-16-14-12-10-8-6-4-2/h42-43H,3-41,47H2,1-2H3,(H,50,51)(H,52,53). The molecule has 0 rings (SSSR count). The lowest BCUT2D eigenvalue weighted by Gasteiger charge is -2.20. The number of hydrogen-bond acceptors (Lipinski definition) is 9. The first-order valence-electron chi connectivity index (χ1n) is 24.1. The molecule has 0 aromatic heterocycles. The number of nitrogens with two attached hydrogens (primary N) is 1. The summed E-state index contributed by atoms with van der Waals surface area (Å²) >= 11 is 0. The summed E-state index contributed by atoms with van der Waals surface area (Å²) in [5.74, 6) is -2.35. The SMILES string of the molecule is CCCCCCCCCCCCCCCCCCCCC(=O)OC(COC(=O)CCCCCCCCCCCCCCCCCC)COP(=O)(O)OCC(N)C(=O)O. The van der Waals surface area contributed by atoms with Crippen LogP contribution in [0.15, 0.2) is 0 Å². The van der Waals surface area contributed by atoms with Gasteiger partial charge in [0.1, 0.15) is 12.6 Å². The summed E-state index contributed by atoms with van der Waals surface area (Å²) < 4.78 is 32.8. The number of carboxylic acid groups (broad SMARTS) is 1. The number of phosphoric ester groups is 1. The second-order valence-corrected chi connectivity index (χ2v) is 18.1. The normalized spacial score (nSPS) is 13.6. The number of esters is 2. The molecule has 0 aliphatic rings. The highest BCUT2D eigenvalue weighted by Gasteiger charge is 2.28. The summed E-state index contributed by atoms with van der Waals surface area (Å²) in [7, 11) is -4.71. The lowest BCUT2D eigenvalue weighted by Crippen LogP contribution is -2.34. The van der Waals surface area contributed by atoms with E-state index in [0.717, 1.165) is 38.5 Å². The minimum absolute atomic E-state index is 0.170. The van der Waals surface area contributed by atoms with E-state index in [9.17, 15) is 23.8 Å². The topological polar surface area (TPSA) is 172 Å². The number of carbonyl (C=O) groups excluding carboxylic acids is 2. The number of aliphatic carboxylic acids is 1. The van der Waals surface area contributed by atoms with Crippen LogP contribution in [0.2, 0.25) is 0 Å². The lowest BCUT2D eigenvalue weighted by molar-refractivity contribution is -0.161. The zero-order valence-electron chi connectivity index (χ0n) is 37.4. The predicted molar refractivity (Wildman–Crippen MR) is 236 cm³/mol. The minimum atomic E-state index is -4.71. The van der Waals surface area contributed by atoms with Gasteiger partial charge in [0.05, 0.1) is 13.2 Å². The first kappa shape index (κ1) is 56.5. The van der Waals surface area contributed by atoms with Gasteiger partial charge in [0, 0.05) is 12.8 Å². The molecule has 0 saturated carbocycles. The maximum absolute atomic E-state index is 12.7. The highest BCUT2D eigenvalue weighted by Crippen LogP contribution is 2.43. The molecular formula is C46H90NO10P. The van der Waals surface area contributed by atoms with Crippen molar-refractivity contribution in [2.45, 2.75) is 257 Å². The Bertz CT molecular complexity index is 1000.